The van der Waals surface area contributed by atoms with E-state index < -0.39 is 0 Å². The molecule has 126 valence electrons. The monoisotopic (exact) mass is 363 g/mol. The number of benzene rings is 2. The molecule has 0 bridgehead atoms. The molecular formula is C18H19Cl2N3O. The second-order valence-corrected chi connectivity index (χ2v) is 6.48. The van der Waals surface area contributed by atoms with E-state index in [0.717, 1.165) is 24.3 Å². The summed E-state index contributed by atoms with van der Waals surface area (Å²) in [6.07, 6.45) is 0. The van der Waals surface area contributed by atoms with Crippen LogP contribution in [0.5, 0.6) is 0 Å². The van der Waals surface area contributed by atoms with Gasteiger partial charge >= 0.3 is 6.03 Å². The molecule has 2 aromatic carbocycles. The van der Waals surface area contributed by atoms with Crippen LogP contribution < -0.4 is 10.2 Å². The van der Waals surface area contributed by atoms with Crippen molar-refractivity contribution in [3.63, 3.8) is 0 Å². The van der Waals surface area contributed by atoms with Gasteiger partial charge in [0.05, 0.1) is 15.7 Å². The van der Waals surface area contributed by atoms with Crippen molar-refractivity contribution in [1.82, 2.24) is 10.2 Å². The van der Waals surface area contributed by atoms with Gasteiger partial charge in [0.2, 0.25) is 0 Å². The predicted molar refractivity (Wildman–Crippen MR) is 98.9 cm³/mol. The smallest absolute Gasteiger partial charge is 0.317 e. The summed E-state index contributed by atoms with van der Waals surface area (Å²) >= 11 is 12.4. The van der Waals surface area contributed by atoms with Crippen molar-refractivity contribution in [2.45, 2.75) is 6.54 Å². The van der Waals surface area contributed by atoms with E-state index in [4.69, 9.17) is 23.2 Å². The fraction of sp³-hybridized carbons (Fsp3) is 0.278. The van der Waals surface area contributed by atoms with Crippen LogP contribution in [0.15, 0.2) is 48.5 Å². The zero-order valence-corrected chi connectivity index (χ0v) is 14.7. The summed E-state index contributed by atoms with van der Waals surface area (Å²) in [7, 11) is 0. The third-order valence-electron chi connectivity index (χ3n) is 4.13. The predicted octanol–water partition coefficient (Wildman–Crippen LogP) is 4.03. The van der Waals surface area contributed by atoms with Crippen LogP contribution in [0.4, 0.5) is 10.5 Å². The zero-order chi connectivity index (χ0) is 16.9. The van der Waals surface area contributed by atoms with Crippen molar-refractivity contribution < 1.29 is 4.79 Å². The molecule has 1 aliphatic rings. The van der Waals surface area contributed by atoms with Gasteiger partial charge < -0.3 is 15.1 Å². The normalized spacial score (nSPS) is 14.6. The maximum absolute atomic E-state index is 12.3. The molecule has 0 radical (unpaired) electrons. The summed E-state index contributed by atoms with van der Waals surface area (Å²) in [5.41, 5.74) is 2.02. The lowest BCUT2D eigenvalue weighted by Crippen LogP contribution is -2.51. The average molecular weight is 364 g/mol. The quantitative estimate of drug-likeness (QED) is 0.893. The number of rotatable bonds is 3. The number of piperazine rings is 1. The summed E-state index contributed by atoms with van der Waals surface area (Å²) < 4.78 is 0. The van der Waals surface area contributed by atoms with Crippen molar-refractivity contribution in [3.8, 4) is 0 Å². The van der Waals surface area contributed by atoms with Crippen LogP contribution in [-0.2, 0) is 6.54 Å². The maximum atomic E-state index is 12.3. The third-order valence-corrected chi connectivity index (χ3v) is 4.93. The Balaban J connectivity index is 1.53. The average Bonchev–Trinajstić information content (AvgIpc) is 2.63. The molecule has 0 unspecified atom stereocenters. The van der Waals surface area contributed by atoms with Gasteiger partial charge in [-0.15, -0.1) is 0 Å². The van der Waals surface area contributed by atoms with E-state index >= 15 is 0 Å². The Morgan fingerprint density at radius 1 is 0.958 bits per heavy atom. The number of amides is 2. The van der Waals surface area contributed by atoms with E-state index in [1.165, 1.54) is 0 Å². The summed E-state index contributed by atoms with van der Waals surface area (Å²) in [5.74, 6) is 0. The van der Waals surface area contributed by atoms with Crippen LogP contribution in [0.3, 0.4) is 0 Å². The molecule has 2 aromatic rings. The molecule has 0 spiro atoms. The lowest BCUT2D eigenvalue weighted by Gasteiger charge is -2.36. The molecule has 24 heavy (non-hydrogen) atoms. The molecule has 1 fully saturated rings. The minimum absolute atomic E-state index is 0.0318. The summed E-state index contributed by atoms with van der Waals surface area (Å²) in [6.45, 7) is 3.32. The van der Waals surface area contributed by atoms with Gasteiger partial charge in [0.25, 0.3) is 0 Å². The van der Waals surface area contributed by atoms with Crippen LogP contribution in [0.25, 0.3) is 0 Å². The van der Waals surface area contributed by atoms with Gasteiger partial charge in [-0.25, -0.2) is 4.79 Å². The highest BCUT2D eigenvalue weighted by atomic mass is 35.5. The molecule has 3 rings (SSSR count). The Bertz CT molecular complexity index is 701. The molecule has 1 N–H and O–H groups in total. The van der Waals surface area contributed by atoms with Gasteiger partial charge in [-0.05, 0) is 17.7 Å². The number of halogens is 2. The molecule has 0 atom stereocenters. The SMILES string of the molecule is O=C(NCc1ccccc1)N1CCN(c2cccc(Cl)c2Cl)CC1. The molecule has 4 nitrogen and oxygen atoms in total. The minimum Gasteiger partial charge on any atom is -0.367 e. The Morgan fingerprint density at radius 3 is 2.38 bits per heavy atom. The van der Waals surface area contributed by atoms with E-state index in [9.17, 15) is 4.79 Å². The fourth-order valence-electron chi connectivity index (χ4n) is 2.77. The first-order chi connectivity index (χ1) is 11.6. The first-order valence-corrected chi connectivity index (χ1v) is 8.66. The number of carbonyl (C=O) groups excluding carboxylic acids is 1. The lowest BCUT2D eigenvalue weighted by atomic mass is 10.2. The maximum Gasteiger partial charge on any atom is 0.317 e. The van der Waals surface area contributed by atoms with Crippen LogP contribution in [-0.4, -0.2) is 37.1 Å². The summed E-state index contributed by atoms with van der Waals surface area (Å²) in [6, 6.07) is 15.5. The number of anilines is 1. The largest absolute Gasteiger partial charge is 0.367 e. The molecule has 0 aromatic heterocycles. The van der Waals surface area contributed by atoms with E-state index in [0.29, 0.717) is 29.7 Å². The first kappa shape index (κ1) is 16.9. The third kappa shape index (κ3) is 3.94. The van der Waals surface area contributed by atoms with Gasteiger partial charge in [-0.3, -0.25) is 0 Å². The number of nitrogens with zero attached hydrogens (tertiary/aromatic N) is 2. The summed E-state index contributed by atoms with van der Waals surface area (Å²) in [4.78, 5) is 16.3. The second-order valence-electron chi connectivity index (χ2n) is 5.69. The highest BCUT2D eigenvalue weighted by molar-refractivity contribution is 6.43. The molecule has 0 aliphatic carbocycles. The van der Waals surface area contributed by atoms with Gasteiger partial charge in [0, 0.05) is 32.7 Å². The number of hydrogen-bond acceptors (Lipinski definition) is 2. The highest BCUT2D eigenvalue weighted by Crippen LogP contribution is 2.32. The van der Waals surface area contributed by atoms with Gasteiger partial charge in [0.15, 0.2) is 0 Å². The van der Waals surface area contributed by atoms with Crippen LogP contribution >= 0.6 is 23.2 Å². The van der Waals surface area contributed by atoms with E-state index in [1.807, 2.05) is 47.4 Å². The van der Waals surface area contributed by atoms with Crippen molar-refractivity contribution >= 4 is 34.9 Å². The Morgan fingerprint density at radius 2 is 1.67 bits per heavy atom. The number of urea groups is 1. The van der Waals surface area contributed by atoms with Crippen molar-refractivity contribution in [2.75, 3.05) is 31.1 Å². The number of nitrogens with one attached hydrogen (secondary N) is 1. The fourth-order valence-corrected chi connectivity index (χ4v) is 3.19. The topological polar surface area (TPSA) is 35.6 Å². The highest BCUT2D eigenvalue weighted by Gasteiger charge is 2.22. The van der Waals surface area contributed by atoms with Gasteiger partial charge in [0.1, 0.15) is 0 Å². The van der Waals surface area contributed by atoms with Crippen molar-refractivity contribution in [2.24, 2.45) is 0 Å². The molecule has 6 heteroatoms. The van der Waals surface area contributed by atoms with Gasteiger partial charge in [-0.2, -0.15) is 0 Å². The molecular weight excluding hydrogens is 345 g/mol. The van der Waals surface area contributed by atoms with Crippen molar-refractivity contribution in [1.29, 1.82) is 0 Å². The molecule has 2 amide bonds. The summed E-state index contributed by atoms with van der Waals surface area (Å²) in [5, 5.41) is 4.09. The first-order valence-electron chi connectivity index (χ1n) is 7.91. The van der Waals surface area contributed by atoms with Crippen LogP contribution in [0, 0.1) is 0 Å². The molecule has 1 aliphatic heterocycles. The van der Waals surface area contributed by atoms with E-state index in [1.54, 1.807) is 6.07 Å². The Kier molecular flexibility index (Phi) is 5.48. The Hall–Kier alpha value is -1.91. The molecule has 0 saturated carbocycles. The number of carbonyl (C=O) groups is 1. The van der Waals surface area contributed by atoms with Crippen LogP contribution in [0.2, 0.25) is 10.0 Å². The molecule has 1 heterocycles. The number of hydrogen-bond donors (Lipinski definition) is 1. The molecule has 1 saturated heterocycles. The van der Waals surface area contributed by atoms with Crippen molar-refractivity contribution in [3.05, 3.63) is 64.1 Å². The minimum atomic E-state index is -0.0318. The van der Waals surface area contributed by atoms with Crippen LogP contribution in [0.1, 0.15) is 5.56 Å². The standard InChI is InChI=1S/C18H19Cl2N3O/c19-15-7-4-8-16(17(15)20)22-9-11-23(12-10-22)18(24)21-13-14-5-2-1-3-6-14/h1-8H,9-13H2,(H,21,24). The van der Waals surface area contributed by atoms with E-state index in [2.05, 4.69) is 10.2 Å². The van der Waals surface area contributed by atoms with Gasteiger partial charge in [-0.1, -0.05) is 59.6 Å². The lowest BCUT2D eigenvalue weighted by molar-refractivity contribution is 0.194. The zero-order valence-electron chi connectivity index (χ0n) is 13.2. The van der Waals surface area contributed by atoms with E-state index in [-0.39, 0.29) is 6.03 Å². The Labute approximate surface area is 152 Å². The second kappa shape index (κ2) is 7.77.